The van der Waals surface area contributed by atoms with Gasteiger partial charge in [0.05, 0.1) is 17.2 Å². The van der Waals surface area contributed by atoms with E-state index >= 15 is 0 Å². The number of rotatable bonds is 5. The summed E-state index contributed by atoms with van der Waals surface area (Å²) in [5.41, 5.74) is 2.35. The van der Waals surface area contributed by atoms with Gasteiger partial charge in [-0.2, -0.15) is 0 Å². The third-order valence-corrected chi connectivity index (χ3v) is 4.50. The number of sulfonamides is 1. The molecule has 0 aliphatic rings. The summed E-state index contributed by atoms with van der Waals surface area (Å²) in [6, 6.07) is 8.89. The maximum Gasteiger partial charge on any atom is 0.262 e. The van der Waals surface area contributed by atoms with Crippen molar-refractivity contribution in [2.45, 2.75) is 25.7 Å². The molecule has 0 saturated carbocycles. The fourth-order valence-electron chi connectivity index (χ4n) is 2.05. The Kier molecular flexibility index (Phi) is 4.71. The first-order valence-electron chi connectivity index (χ1n) is 6.86. The van der Waals surface area contributed by atoms with Gasteiger partial charge in [0.25, 0.3) is 10.0 Å². The second-order valence-electron chi connectivity index (χ2n) is 4.95. The predicted molar refractivity (Wildman–Crippen MR) is 84.3 cm³/mol. The van der Waals surface area contributed by atoms with Crippen LogP contribution < -0.4 is 9.46 Å². The standard InChI is InChI=1S/C16H18FNO3S/c1-4-21-16-10-13(6-7-14(16)17)22(19,20)18-15-8-5-11(2)9-12(15)3/h5-10,18H,4H2,1-3H3. The van der Waals surface area contributed by atoms with E-state index in [1.807, 2.05) is 26.0 Å². The molecule has 4 nitrogen and oxygen atoms in total. The van der Waals surface area contributed by atoms with E-state index in [4.69, 9.17) is 4.74 Å². The highest BCUT2D eigenvalue weighted by atomic mass is 32.2. The molecule has 0 saturated heterocycles. The highest BCUT2D eigenvalue weighted by Crippen LogP contribution is 2.25. The van der Waals surface area contributed by atoms with Crippen LogP contribution in [0.5, 0.6) is 5.75 Å². The second kappa shape index (κ2) is 6.36. The molecule has 0 bridgehead atoms. The predicted octanol–water partition coefficient (Wildman–Crippen LogP) is 3.64. The van der Waals surface area contributed by atoms with Crippen LogP contribution in [0, 0.1) is 19.7 Å². The van der Waals surface area contributed by atoms with Crippen molar-refractivity contribution in [2.75, 3.05) is 11.3 Å². The number of ether oxygens (including phenoxy) is 1. The van der Waals surface area contributed by atoms with Crippen molar-refractivity contribution in [3.63, 3.8) is 0 Å². The maximum absolute atomic E-state index is 13.5. The fraction of sp³-hybridized carbons (Fsp3) is 0.250. The normalized spacial score (nSPS) is 11.3. The molecule has 0 atom stereocenters. The summed E-state index contributed by atoms with van der Waals surface area (Å²) in [6.07, 6.45) is 0. The molecule has 2 aromatic carbocycles. The first kappa shape index (κ1) is 16.3. The number of hydrogen-bond donors (Lipinski definition) is 1. The molecule has 0 aliphatic carbocycles. The molecule has 2 aromatic rings. The van der Waals surface area contributed by atoms with Gasteiger partial charge in [0, 0.05) is 6.07 Å². The van der Waals surface area contributed by atoms with Gasteiger partial charge in [-0.3, -0.25) is 4.72 Å². The molecule has 2 rings (SSSR count). The number of nitrogens with one attached hydrogen (secondary N) is 1. The van der Waals surface area contributed by atoms with E-state index in [1.165, 1.54) is 12.1 Å². The Morgan fingerprint density at radius 2 is 1.86 bits per heavy atom. The van der Waals surface area contributed by atoms with E-state index in [9.17, 15) is 12.8 Å². The molecule has 0 aromatic heterocycles. The zero-order valence-electron chi connectivity index (χ0n) is 12.7. The van der Waals surface area contributed by atoms with Crippen LogP contribution >= 0.6 is 0 Å². The molecule has 0 unspecified atom stereocenters. The van der Waals surface area contributed by atoms with E-state index in [1.54, 1.807) is 13.0 Å². The molecule has 0 heterocycles. The van der Waals surface area contributed by atoms with Gasteiger partial charge in [-0.25, -0.2) is 12.8 Å². The smallest absolute Gasteiger partial charge is 0.262 e. The monoisotopic (exact) mass is 323 g/mol. The number of aryl methyl sites for hydroxylation is 2. The van der Waals surface area contributed by atoms with Crippen LogP contribution in [0.4, 0.5) is 10.1 Å². The van der Waals surface area contributed by atoms with Crippen molar-refractivity contribution in [1.29, 1.82) is 0 Å². The molecule has 6 heteroatoms. The molecule has 0 aliphatic heterocycles. The minimum Gasteiger partial charge on any atom is -0.491 e. The van der Waals surface area contributed by atoms with Crippen LogP contribution in [-0.2, 0) is 10.0 Å². The van der Waals surface area contributed by atoms with E-state index in [0.717, 1.165) is 17.2 Å². The fourth-order valence-corrected chi connectivity index (χ4v) is 3.19. The lowest BCUT2D eigenvalue weighted by Crippen LogP contribution is -2.14. The van der Waals surface area contributed by atoms with Crippen LogP contribution in [-0.4, -0.2) is 15.0 Å². The largest absolute Gasteiger partial charge is 0.491 e. The minimum absolute atomic E-state index is 0.0441. The molecule has 1 N–H and O–H groups in total. The summed E-state index contributed by atoms with van der Waals surface area (Å²) < 4.78 is 46.0. The molecule has 0 amide bonds. The van der Waals surface area contributed by atoms with Crippen LogP contribution in [0.2, 0.25) is 0 Å². The Labute approximate surface area is 130 Å². The molecule has 0 fully saturated rings. The van der Waals surface area contributed by atoms with Gasteiger partial charge < -0.3 is 4.74 Å². The Morgan fingerprint density at radius 3 is 2.50 bits per heavy atom. The third kappa shape index (κ3) is 3.57. The van der Waals surface area contributed by atoms with E-state index in [2.05, 4.69) is 4.72 Å². The summed E-state index contributed by atoms with van der Waals surface area (Å²) in [4.78, 5) is -0.0441. The first-order valence-corrected chi connectivity index (χ1v) is 8.34. The Bertz CT molecular complexity index is 788. The molecule has 0 radical (unpaired) electrons. The molecular formula is C16H18FNO3S. The highest BCUT2D eigenvalue weighted by molar-refractivity contribution is 7.92. The van der Waals surface area contributed by atoms with Crippen molar-refractivity contribution in [2.24, 2.45) is 0 Å². The van der Waals surface area contributed by atoms with Crippen molar-refractivity contribution in [3.8, 4) is 5.75 Å². The average molecular weight is 323 g/mol. The van der Waals surface area contributed by atoms with Crippen LogP contribution in [0.3, 0.4) is 0 Å². The van der Waals surface area contributed by atoms with Crippen LogP contribution in [0.25, 0.3) is 0 Å². The van der Waals surface area contributed by atoms with Gasteiger partial charge in [0.2, 0.25) is 0 Å². The first-order chi connectivity index (χ1) is 10.3. The van der Waals surface area contributed by atoms with Gasteiger partial charge in [-0.1, -0.05) is 17.7 Å². The number of anilines is 1. The SMILES string of the molecule is CCOc1cc(S(=O)(=O)Nc2ccc(C)cc2C)ccc1F. The topological polar surface area (TPSA) is 55.4 Å². The molecular weight excluding hydrogens is 305 g/mol. The molecule has 22 heavy (non-hydrogen) atoms. The zero-order valence-corrected chi connectivity index (χ0v) is 13.5. The lowest BCUT2D eigenvalue weighted by Gasteiger charge is -2.12. The zero-order chi connectivity index (χ0) is 16.3. The summed E-state index contributed by atoms with van der Waals surface area (Å²) >= 11 is 0. The summed E-state index contributed by atoms with van der Waals surface area (Å²) in [5.74, 6) is -0.668. The lowest BCUT2D eigenvalue weighted by atomic mass is 10.1. The van der Waals surface area contributed by atoms with Crippen LogP contribution in [0.1, 0.15) is 18.1 Å². The molecule has 0 spiro atoms. The third-order valence-electron chi connectivity index (χ3n) is 3.14. The maximum atomic E-state index is 13.5. The second-order valence-corrected chi connectivity index (χ2v) is 6.63. The quantitative estimate of drug-likeness (QED) is 0.914. The van der Waals surface area contributed by atoms with E-state index in [0.29, 0.717) is 5.69 Å². The number of halogens is 1. The van der Waals surface area contributed by atoms with Crippen molar-refractivity contribution >= 4 is 15.7 Å². The van der Waals surface area contributed by atoms with Gasteiger partial charge in [0.15, 0.2) is 11.6 Å². The number of benzene rings is 2. The summed E-state index contributed by atoms with van der Waals surface area (Å²) in [5, 5.41) is 0. The average Bonchev–Trinajstić information content (AvgIpc) is 2.44. The van der Waals surface area contributed by atoms with Gasteiger partial charge in [-0.05, 0) is 44.5 Å². The molecule has 118 valence electrons. The Balaban J connectivity index is 2.36. The Morgan fingerprint density at radius 1 is 1.14 bits per heavy atom. The Hall–Kier alpha value is -2.08. The summed E-state index contributed by atoms with van der Waals surface area (Å²) in [6.45, 7) is 5.71. The van der Waals surface area contributed by atoms with Gasteiger partial charge in [-0.15, -0.1) is 0 Å². The van der Waals surface area contributed by atoms with Crippen molar-refractivity contribution in [1.82, 2.24) is 0 Å². The van der Waals surface area contributed by atoms with Crippen LogP contribution in [0.15, 0.2) is 41.3 Å². The van der Waals surface area contributed by atoms with Gasteiger partial charge in [0.1, 0.15) is 0 Å². The lowest BCUT2D eigenvalue weighted by molar-refractivity contribution is 0.320. The highest BCUT2D eigenvalue weighted by Gasteiger charge is 2.18. The minimum atomic E-state index is -3.80. The van der Waals surface area contributed by atoms with E-state index in [-0.39, 0.29) is 17.3 Å². The number of hydrogen-bond acceptors (Lipinski definition) is 3. The van der Waals surface area contributed by atoms with Gasteiger partial charge >= 0.3 is 0 Å². The van der Waals surface area contributed by atoms with E-state index < -0.39 is 15.8 Å². The van der Waals surface area contributed by atoms with Crippen molar-refractivity contribution < 1.29 is 17.5 Å². The summed E-state index contributed by atoms with van der Waals surface area (Å²) in [7, 11) is -3.80. The van der Waals surface area contributed by atoms with Crippen molar-refractivity contribution in [3.05, 3.63) is 53.3 Å².